The number of anilines is 1. The van der Waals surface area contributed by atoms with Gasteiger partial charge in [-0.2, -0.15) is 0 Å². The predicted molar refractivity (Wildman–Crippen MR) is 129 cm³/mol. The molecule has 2 heterocycles. The Kier molecular flexibility index (Phi) is 7.09. The second kappa shape index (κ2) is 10.4. The molecule has 0 saturated heterocycles. The van der Waals surface area contributed by atoms with Crippen LogP contribution >= 0.6 is 0 Å². The summed E-state index contributed by atoms with van der Waals surface area (Å²) in [5.74, 6) is 3.39. The molecule has 0 bridgehead atoms. The number of benzene rings is 2. The lowest BCUT2D eigenvalue weighted by atomic mass is 10.1. The number of fused-ring (bicyclic) bond motifs is 1. The molecule has 9 heteroatoms. The van der Waals surface area contributed by atoms with Crippen molar-refractivity contribution < 1.29 is 14.2 Å². The summed E-state index contributed by atoms with van der Waals surface area (Å²) in [4.78, 5) is 16.1. The zero-order chi connectivity index (χ0) is 23.2. The molecule has 1 aliphatic heterocycles. The number of aliphatic imine (C=N–C) groups is 1. The number of methoxy groups -OCH3 is 2. The Morgan fingerprint density at radius 2 is 1.91 bits per heavy atom. The van der Waals surface area contributed by atoms with E-state index in [-0.39, 0.29) is 0 Å². The number of hydrogen-bond acceptors (Lipinski definition) is 9. The van der Waals surface area contributed by atoms with Crippen molar-refractivity contribution in [3.63, 3.8) is 0 Å². The maximum atomic E-state index is 5.74. The van der Waals surface area contributed by atoms with E-state index in [0.29, 0.717) is 31.9 Å². The fourth-order valence-electron chi connectivity index (χ4n) is 3.73. The Hall–Kier alpha value is -3.59. The summed E-state index contributed by atoms with van der Waals surface area (Å²) in [6, 6.07) is 11.9. The number of guanidine groups is 1. The second-order valence-corrected chi connectivity index (χ2v) is 7.66. The first-order chi connectivity index (χ1) is 16.1. The molecule has 0 amide bonds. The van der Waals surface area contributed by atoms with Crippen LogP contribution in [0.2, 0.25) is 0 Å². The SMILES string of the molecule is CCOc1cccc2c(C)nc(NC3=NCN(CCc4ccc(OC)c(OC)c4)CN3)nc12. The van der Waals surface area contributed by atoms with Gasteiger partial charge in [0.2, 0.25) is 11.9 Å². The number of hydrogen-bond donors (Lipinski definition) is 2. The third kappa shape index (κ3) is 5.25. The van der Waals surface area contributed by atoms with Crippen LogP contribution in [0.4, 0.5) is 5.95 Å². The Balaban J connectivity index is 1.38. The molecule has 0 saturated carbocycles. The van der Waals surface area contributed by atoms with Gasteiger partial charge in [0.15, 0.2) is 11.5 Å². The lowest BCUT2D eigenvalue weighted by Gasteiger charge is -2.27. The van der Waals surface area contributed by atoms with Crippen LogP contribution < -0.4 is 24.8 Å². The van der Waals surface area contributed by atoms with Crippen molar-refractivity contribution in [2.45, 2.75) is 20.3 Å². The maximum absolute atomic E-state index is 5.74. The topological polar surface area (TPSA) is 93.1 Å². The van der Waals surface area contributed by atoms with Crippen LogP contribution in [0.5, 0.6) is 17.2 Å². The summed E-state index contributed by atoms with van der Waals surface area (Å²) in [5.41, 5.74) is 2.87. The molecule has 0 fully saturated rings. The molecule has 0 spiro atoms. The van der Waals surface area contributed by atoms with E-state index in [9.17, 15) is 0 Å². The fraction of sp³-hybridized carbons (Fsp3) is 0.375. The molecule has 0 radical (unpaired) electrons. The van der Waals surface area contributed by atoms with Gasteiger partial charge in [0.1, 0.15) is 11.3 Å². The van der Waals surface area contributed by atoms with E-state index in [4.69, 9.17) is 14.2 Å². The minimum absolute atomic E-state index is 0.497. The molecule has 1 aromatic heterocycles. The molecule has 0 atom stereocenters. The zero-order valence-electron chi connectivity index (χ0n) is 19.5. The summed E-state index contributed by atoms with van der Waals surface area (Å²) in [6.07, 6.45) is 0.882. The highest BCUT2D eigenvalue weighted by molar-refractivity contribution is 5.94. The Labute approximate surface area is 193 Å². The number of aryl methyl sites for hydroxylation is 1. The minimum Gasteiger partial charge on any atom is -0.493 e. The largest absolute Gasteiger partial charge is 0.493 e. The van der Waals surface area contributed by atoms with Gasteiger partial charge < -0.3 is 19.5 Å². The van der Waals surface area contributed by atoms with Gasteiger partial charge in [0.25, 0.3) is 0 Å². The standard InChI is InChI=1S/C24H30N6O3/c1-5-33-20-8-6-7-18-16(2)27-24(28-22(18)20)29-23-25-14-30(15-26-23)12-11-17-9-10-19(31-3)21(13-17)32-4/h6-10,13H,5,11-12,14-15H2,1-4H3,(H2,25,26,27,28,29). The summed E-state index contributed by atoms with van der Waals surface area (Å²) >= 11 is 0. The van der Waals surface area contributed by atoms with Crippen molar-refractivity contribution >= 4 is 22.8 Å². The van der Waals surface area contributed by atoms with Crippen LogP contribution in [0.15, 0.2) is 41.4 Å². The van der Waals surface area contributed by atoms with E-state index in [2.05, 4.69) is 36.6 Å². The van der Waals surface area contributed by atoms with E-state index in [1.807, 2.05) is 44.2 Å². The number of ether oxygens (including phenoxy) is 3. The Bertz CT molecular complexity index is 1150. The molecule has 2 aromatic carbocycles. The van der Waals surface area contributed by atoms with E-state index in [0.717, 1.165) is 46.8 Å². The average Bonchev–Trinajstić information content (AvgIpc) is 2.84. The Morgan fingerprint density at radius 1 is 1.06 bits per heavy atom. The average molecular weight is 451 g/mol. The first-order valence-corrected chi connectivity index (χ1v) is 11.0. The maximum Gasteiger partial charge on any atom is 0.230 e. The molecule has 3 aromatic rings. The van der Waals surface area contributed by atoms with Crippen LogP contribution in [0.3, 0.4) is 0 Å². The van der Waals surface area contributed by atoms with Crippen molar-refractivity contribution in [1.82, 2.24) is 20.2 Å². The van der Waals surface area contributed by atoms with Crippen molar-refractivity contribution in [3.05, 3.63) is 47.7 Å². The molecular weight excluding hydrogens is 420 g/mol. The molecule has 33 heavy (non-hydrogen) atoms. The van der Waals surface area contributed by atoms with Gasteiger partial charge in [-0.1, -0.05) is 18.2 Å². The Morgan fingerprint density at radius 3 is 2.64 bits per heavy atom. The monoisotopic (exact) mass is 450 g/mol. The van der Waals surface area contributed by atoms with Gasteiger partial charge in [0, 0.05) is 11.9 Å². The van der Waals surface area contributed by atoms with Gasteiger partial charge >= 0.3 is 0 Å². The number of para-hydroxylation sites is 1. The summed E-state index contributed by atoms with van der Waals surface area (Å²) in [6.45, 7) is 6.64. The van der Waals surface area contributed by atoms with Gasteiger partial charge in [0.05, 0.1) is 39.9 Å². The van der Waals surface area contributed by atoms with Gasteiger partial charge in [-0.25, -0.2) is 15.0 Å². The molecule has 1 aliphatic rings. The van der Waals surface area contributed by atoms with Gasteiger partial charge in [-0.3, -0.25) is 10.2 Å². The van der Waals surface area contributed by atoms with Gasteiger partial charge in [-0.05, 0) is 44.0 Å². The fourth-order valence-corrected chi connectivity index (χ4v) is 3.73. The lowest BCUT2D eigenvalue weighted by Crippen LogP contribution is -2.46. The lowest BCUT2D eigenvalue weighted by molar-refractivity contribution is 0.268. The molecular formula is C24H30N6O3. The third-order valence-electron chi connectivity index (χ3n) is 5.47. The third-order valence-corrected chi connectivity index (χ3v) is 5.47. The first-order valence-electron chi connectivity index (χ1n) is 11.0. The van der Waals surface area contributed by atoms with Crippen LogP contribution in [-0.4, -0.2) is 61.5 Å². The molecule has 4 rings (SSSR count). The number of nitrogens with zero attached hydrogens (tertiary/aromatic N) is 4. The van der Waals surface area contributed by atoms with Crippen molar-refractivity contribution in [1.29, 1.82) is 0 Å². The molecule has 0 aliphatic carbocycles. The normalized spacial score (nSPS) is 13.9. The number of rotatable bonds is 8. The second-order valence-electron chi connectivity index (χ2n) is 7.66. The van der Waals surface area contributed by atoms with Crippen LogP contribution in [0, 0.1) is 6.92 Å². The highest BCUT2D eigenvalue weighted by Crippen LogP contribution is 2.28. The minimum atomic E-state index is 0.497. The molecule has 9 nitrogen and oxygen atoms in total. The van der Waals surface area contributed by atoms with Crippen LogP contribution in [-0.2, 0) is 6.42 Å². The van der Waals surface area contributed by atoms with E-state index >= 15 is 0 Å². The molecule has 2 N–H and O–H groups in total. The zero-order valence-corrected chi connectivity index (χ0v) is 19.5. The quantitative estimate of drug-likeness (QED) is 0.541. The summed E-state index contributed by atoms with van der Waals surface area (Å²) in [7, 11) is 3.29. The molecule has 0 unspecified atom stereocenters. The van der Waals surface area contributed by atoms with E-state index in [1.54, 1.807) is 14.2 Å². The molecule has 174 valence electrons. The number of nitrogens with one attached hydrogen (secondary N) is 2. The van der Waals surface area contributed by atoms with Crippen molar-refractivity contribution in [3.8, 4) is 17.2 Å². The predicted octanol–water partition coefficient (Wildman–Crippen LogP) is 3.18. The first kappa shape index (κ1) is 22.6. The highest BCUT2D eigenvalue weighted by Gasteiger charge is 2.15. The summed E-state index contributed by atoms with van der Waals surface area (Å²) in [5, 5.41) is 7.50. The van der Waals surface area contributed by atoms with E-state index < -0.39 is 0 Å². The highest BCUT2D eigenvalue weighted by atomic mass is 16.5. The van der Waals surface area contributed by atoms with Crippen molar-refractivity contribution in [2.75, 3.05) is 46.0 Å². The van der Waals surface area contributed by atoms with Gasteiger partial charge in [-0.15, -0.1) is 0 Å². The summed E-state index contributed by atoms with van der Waals surface area (Å²) < 4.78 is 16.4. The van der Waals surface area contributed by atoms with Crippen molar-refractivity contribution in [2.24, 2.45) is 4.99 Å². The van der Waals surface area contributed by atoms with Crippen LogP contribution in [0.1, 0.15) is 18.2 Å². The van der Waals surface area contributed by atoms with Crippen LogP contribution in [0.25, 0.3) is 10.9 Å². The van der Waals surface area contributed by atoms with E-state index in [1.165, 1.54) is 5.56 Å². The smallest absolute Gasteiger partial charge is 0.230 e. The number of aromatic nitrogens is 2.